The molecule has 0 aromatic heterocycles. The van der Waals surface area contributed by atoms with Crippen LogP contribution in [-0.2, 0) is 11.2 Å². The van der Waals surface area contributed by atoms with E-state index in [-0.39, 0.29) is 36.5 Å². The summed E-state index contributed by atoms with van der Waals surface area (Å²) in [5.41, 5.74) is 1.79. The number of benzene rings is 1. The molecule has 0 radical (unpaired) electrons. The molecule has 1 heterocycles. The molecule has 1 spiro atoms. The smallest absolute Gasteiger partial charge is 0.258 e. The van der Waals surface area contributed by atoms with Gasteiger partial charge in [0.2, 0.25) is 0 Å². The summed E-state index contributed by atoms with van der Waals surface area (Å²) >= 11 is 0. The zero-order chi connectivity index (χ0) is 20.8. The second kappa shape index (κ2) is 11.4. The summed E-state index contributed by atoms with van der Waals surface area (Å²) in [5, 5.41) is 6.49. The lowest BCUT2D eigenvalue weighted by Gasteiger charge is -2.33. The van der Waals surface area contributed by atoms with Gasteiger partial charge in [-0.1, -0.05) is 31.4 Å². The summed E-state index contributed by atoms with van der Waals surface area (Å²) in [6.45, 7) is 3.23. The number of nitrogens with zero attached hydrogens (tertiary/aromatic N) is 2. The Morgan fingerprint density at radius 3 is 2.58 bits per heavy atom. The van der Waals surface area contributed by atoms with Crippen LogP contribution in [0.1, 0.15) is 56.9 Å². The van der Waals surface area contributed by atoms with Crippen LogP contribution in [0.25, 0.3) is 0 Å². The van der Waals surface area contributed by atoms with Gasteiger partial charge in [-0.3, -0.25) is 9.79 Å². The molecule has 2 N–H and O–H groups in total. The van der Waals surface area contributed by atoms with Gasteiger partial charge in [-0.05, 0) is 61.6 Å². The Morgan fingerprint density at radius 2 is 1.90 bits per heavy atom. The van der Waals surface area contributed by atoms with Crippen molar-refractivity contribution >= 4 is 35.8 Å². The lowest BCUT2D eigenvalue weighted by atomic mass is 9.73. The topological polar surface area (TPSA) is 66.0 Å². The van der Waals surface area contributed by atoms with Crippen LogP contribution in [-0.4, -0.2) is 56.1 Å². The standard InChI is InChI=1S/C24H36N4O2.HI/c1-25-23(28-16-14-24(18-28)12-3-2-4-13-24)26-15-11-19-5-9-21(10-6-19)30-17-22(29)27-20-7-8-20;/h5-6,9-10,20H,2-4,7-8,11-18H2,1H3,(H,25,26)(H,27,29);1H. The number of amides is 1. The quantitative estimate of drug-likeness (QED) is 0.314. The Morgan fingerprint density at radius 1 is 1.16 bits per heavy atom. The maximum Gasteiger partial charge on any atom is 0.258 e. The molecule has 172 valence electrons. The van der Waals surface area contributed by atoms with E-state index >= 15 is 0 Å². The first kappa shape index (κ1) is 24.1. The minimum atomic E-state index is -0.0333. The molecule has 1 saturated heterocycles. The zero-order valence-electron chi connectivity index (χ0n) is 18.7. The number of hydrogen-bond acceptors (Lipinski definition) is 3. The number of likely N-dealkylation sites (tertiary alicyclic amines) is 1. The lowest BCUT2D eigenvalue weighted by Crippen LogP contribution is -2.42. The minimum Gasteiger partial charge on any atom is -0.484 e. The van der Waals surface area contributed by atoms with Crippen molar-refractivity contribution in [2.45, 2.75) is 63.8 Å². The van der Waals surface area contributed by atoms with Crippen LogP contribution < -0.4 is 15.4 Å². The van der Waals surface area contributed by atoms with Gasteiger partial charge >= 0.3 is 0 Å². The Bertz CT molecular complexity index is 742. The molecule has 3 fully saturated rings. The summed E-state index contributed by atoms with van der Waals surface area (Å²) in [5.74, 6) is 1.75. The fraction of sp³-hybridized carbons (Fsp3) is 0.667. The second-order valence-corrected chi connectivity index (χ2v) is 9.23. The van der Waals surface area contributed by atoms with Gasteiger partial charge < -0.3 is 20.3 Å². The lowest BCUT2D eigenvalue weighted by molar-refractivity contribution is -0.123. The molecule has 7 heteroatoms. The molecule has 31 heavy (non-hydrogen) atoms. The molecule has 6 nitrogen and oxygen atoms in total. The van der Waals surface area contributed by atoms with Crippen molar-refractivity contribution in [1.29, 1.82) is 0 Å². The molecule has 1 aromatic carbocycles. The van der Waals surface area contributed by atoms with Crippen molar-refractivity contribution in [3.05, 3.63) is 29.8 Å². The number of ether oxygens (including phenoxy) is 1. The van der Waals surface area contributed by atoms with E-state index in [1.165, 1.54) is 44.1 Å². The van der Waals surface area contributed by atoms with Crippen molar-refractivity contribution in [3.63, 3.8) is 0 Å². The Balaban J connectivity index is 0.00000272. The summed E-state index contributed by atoms with van der Waals surface area (Å²) in [7, 11) is 1.89. The van der Waals surface area contributed by atoms with Gasteiger partial charge in [0.1, 0.15) is 5.75 Å². The predicted octanol–water partition coefficient (Wildman–Crippen LogP) is 3.74. The third-order valence-electron chi connectivity index (χ3n) is 6.80. The summed E-state index contributed by atoms with van der Waals surface area (Å²) in [6.07, 6.45) is 11.4. The van der Waals surface area contributed by atoms with Crippen LogP contribution in [0.3, 0.4) is 0 Å². The van der Waals surface area contributed by atoms with Crippen LogP contribution >= 0.6 is 24.0 Å². The monoisotopic (exact) mass is 540 g/mol. The third-order valence-corrected chi connectivity index (χ3v) is 6.80. The molecule has 2 saturated carbocycles. The highest BCUT2D eigenvalue weighted by Crippen LogP contribution is 2.43. The summed E-state index contributed by atoms with van der Waals surface area (Å²) in [4.78, 5) is 18.7. The average Bonchev–Trinajstić information content (AvgIpc) is 3.50. The van der Waals surface area contributed by atoms with Gasteiger partial charge in [-0.2, -0.15) is 0 Å². The maximum absolute atomic E-state index is 11.7. The highest BCUT2D eigenvalue weighted by molar-refractivity contribution is 14.0. The number of aliphatic imine (C=N–C) groups is 1. The van der Waals surface area contributed by atoms with E-state index in [1.807, 2.05) is 19.2 Å². The predicted molar refractivity (Wildman–Crippen MR) is 135 cm³/mol. The molecule has 0 unspecified atom stereocenters. The van der Waals surface area contributed by atoms with Crippen molar-refractivity contribution in [2.75, 3.05) is 33.3 Å². The molecule has 1 amide bonds. The SMILES string of the molecule is CN=C(NCCc1ccc(OCC(=O)NC2CC2)cc1)N1CCC2(CCCCC2)C1.I. The first-order chi connectivity index (χ1) is 14.7. The highest BCUT2D eigenvalue weighted by atomic mass is 127. The number of halogens is 1. The normalized spacial score (nSPS) is 20.3. The number of guanidine groups is 1. The van der Waals surface area contributed by atoms with E-state index < -0.39 is 0 Å². The fourth-order valence-electron chi connectivity index (χ4n) is 4.87. The van der Waals surface area contributed by atoms with E-state index in [2.05, 4.69) is 32.7 Å². The number of carbonyl (C=O) groups is 1. The van der Waals surface area contributed by atoms with Gasteiger partial charge in [-0.25, -0.2) is 0 Å². The van der Waals surface area contributed by atoms with E-state index in [1.54, 1.807) is 0 Å². The Hall–Kier alpha value is -1.51. The molecule has 3 aliphatic rings. The average molecular weight is 540 g/mol. The summed E-state index contributed by atoms with van der Waals surface area (Å²) < 4.78 is 5.58. The fourth-order valence-corrected chi connectivity index (χ4v) is 4.87. The molecule has 0 atom stereocenters. The largest absolute Gasteiger partial charge is 0.484 e. The van der Waals surface area contributed by atoms with E-state index in [4.69, 9.17) is 4.74 Å². The molecule has 1 aliphatic heterocycles. The zero-order valence-corrected chi connectivity index (χ0v) is 21.0. The molecule has 4 rings (SSSR count). The van der Waals surface area contributed by atoms with Crippen LogP contribution in [0.4, 0.5) is 0 Å². The van der Waals surface area contributed by atoms with E-state index in [0.717, 1.165) is 50.6 Å². The van der Waals surface area contributed by atoms with Gasteiger partial charge in [0.25, 0.3) is 5.91 Å². The summed E-state index contributed by atoms with van der Waals surface area (Å²) in [6, 6.07) is 8.42. The minimum absolute atomic E-state index is 0. The van der Waals surface area contributed by atoms with Crippen LogP contribution in [0.15, 0.2) is 29.3 Å². The molecular weight excluding hydrogens is 503 g/mol. The van der Waals surface area contributed by atoms with Gasteiger partial charge in [0, 0.05) is 32.7 Å². The van der Waals surface area contributed by atoms with E-state index in [9.17, 15) is 4.79 Å². The first-order valence-electron chi connectivity index (χ1n) is 11.6. The van der Waals surface area contributed by atoms with Gasteiger partial charge in [-0.15, -0.1) is 24.0 Å². The Kier molecular flexibility index (Phi) is 8.86. The van der Waals surface area contributed by atoms with Crippen molar-refractivity contribution in [2.24, 2.45) is 10.4 Å². The van der Waals surface area contributed by atoms with E-state index in [0.29, 0.717) is 11.5 Å². The molecule has 2 aliphatic carbocycles. The van der Waals surface area contributed by atoms with Crippen LogP contribution in [0.2, 0.25) is 0 Å². The third kappa shape index (κ3) is 6.99. The number of carbonyl (C=O) groups excluding carboxylic acids is 1. The molecule has 1 aromatic rings. The van der Waals surface area contributed by atoms with Crippen molar-refractivity contribution < 1.29 is 9.53 Å². The van der Waals surface area contributed by atoms with Crippen molar-refractivity contribution in [1.82, 2.24) is 15.5 Å². The van der Waals surface area contributed by atoms with Crippen molar-refractivity contribution in [3.8, 4) is 5.75 Å². The van der Waals surface area contributed by atoms with Crippen LogP contribution in [0.5, 0.6) is 5.75 Å². The van der Waals surface area contributed by atoms with Gasteiger partial charge in [0.05, 0.1) is 0 Å². The first-order valence-corrected chi connectivity index (χ1v) is 11.6. The Labute approximate surface area is 203 Å². The highest BCUT2D eigenvalue weighted by Gasteiger charge is 2.39. The number of rotatable bonds is 7. The number of nitrogens with one attached hydrogen (secondary N) is 2. The van der Waals surface area contributed by atoms with Crippen LogP contribution in [0, 0.1) is 5.41 Å². The molecule has 0 bridgehead atoms. The second-order valence-electron chi connectivity index (χ2n) is 9.23. The molecular formula is C24H37IN4O2. The maximum atomic E-state index is 11.7. The number of hydrogen-bond donors (Lipinski definition) is 2. The van der Waals surface area contributed by atoms with Gasteiger partial charge in [0.15, 0.2) is 12.6 Å².